The van der Waals surface area contributed by atoms with E-state index in [1.807, 2.05) is 4.72 Å². The molecule has 0 aliphatic rings. The van der Waals surface area contributed by atoms with Crippen LogP contribution in [0.1, 0.15) is 0 Å². The van der Waals surface area contributed by atoms with Crippen molar-refractivity contribution < 1.29 is 32.2 Å². The van der Waals surface area contributed by atoms with E-state index in [1.165, 1.54) is 14.2 Å². The number of carbonyl (C=O) groups is 1. The fourth-order valence-corrected chi connectivity index (χ4v) is 2.58. The molecule has 20 heavy (non-hydrogen) atoms. The first-order valence-corrected chi connectivity index (χ1v) is 6.87. The van der Waals surface area contributed by atoms with Gasteiger partial charge in [0.15, 0.2) is 11.6 Å². The SMILES string of the molecule is COCC(NS(=O)(=O)c1ccc(OC)c(F)c1)C(=O)O. The Labute approximate surface area is 115 Å². The highest BCUT2D eigenvalue weighted by molar-refractivity contribution is 7.89. The van der Waals surface area contributed by atoms with Gasteiger partial charge in [0.2, 0.25) is 10.0 Å². The average Bonchev–Trinajstić information content (AvgIpc) is 2.37. The smallest absolute Gasteiger partial charge is 0.324 e. The Balaban J connectivity index is 3.04. The summed E-state index contributed by atoms with van der Waals surface area (Å²) < 4.78 is 48.5. The van der Waals surface area contributed by atoms with E-state index in [1.54, 1.807) is 0 Å². The number of sulfonamides is 1. The molecule has 0 aliphatic heterocycles. The number of carboxylic acid groups (broad SMARTS) is 1. The van der Waals surface area contributed by atoms with Crippen molar-refractivity contribution in [2.45, 2.75) is 10.9 Å². The average molecular weight is 307 g/mol. The molecule has 0 aromatic heterocycles. The molecule has 1 unspecified atom stereocenters. The monoisotopic (exact) mass is 307 g/mol. The van der Waals surface area contributed by atoms with Crippen molar-refractivity contribution in [3.05, 3.63) is 24.0 Å². The molecule has 1 aromatic carbocycles. The highest BCUT2D eigenvalue weighted by Gasteiger charge is 2.26. The van der Waals surface area contributed by atoms with Crippen molar-refractivity contribution in [1.82, 2.24) is 4.72 Å². The molecule has 0 heterocycles. The summed E-state index contributed by atoms with van der Waals surface area (Å²) in [4.78, 5) is 10.5. The summed E-state index contributed by atoms with van der Waals surface area (Å²) in [6, 6.07) is 1.52. The first-order valence-electron chi connectivity index (χ1n) is 5.39. The van der Waals surface area contributed by atoms with Crippen molar-refractivity contribution in [1.29, 1.82) is 0 Å². The number of halogens is 1. The zero-order valence-electron chi connectivity index (χ0n) is 10.8. The molecule has 0 spiro atoms. The molecule has 0 aliphatic carbocycles. The maximum Gasteiger partial charge on any atom is 0.324 e. The highest BCUT2D eigenvalue weighted by atomic mass is 32.2. The van der Waals surface area contributed by atoms with Crippen LogP contribution in [0, 0.1) is 5.82 Å². The third-order valence-electron chi connectivity index (χ3n) is 2.36. The van der Waals surface area contributed by atoms with Crippen LogP contribution in [0.4, 0.5) is 4.39 Å². The first-order chi connectivity index (χ1) is 9.31. The summed E-state index contributed by atoms with van der Waals surface area (Å²) >= 11 is 0. The van der Waals surface area contributed by atoms with Crippen LogP contribution < -0.4 is 9.46 Å². The molecule has 1 aromatic rings. The molecule has 1 rings (SSSR count). The number of carboxylic acids is 1. The van der Waals surface area contributed by atoms with Crippen LogP contribution in [-0.2, 0) is 19.6 Å². The fourth-order valence-electron chi connectivity index (χ4n) is 1.39. The maximum atomic E-state index is 13.5. The van der Waals surface area contributed by atoms with Crippen molar-refractivity contribution in [3.8, 4) is 5.75 Å². The molecule has 7 nitrogen and oxygen atoms in total. The lowest BCUT2D eigenvalue weighted by Gasteiger charge is -2.14. The topological polar surface area (TPSA) is 102 Å². The molecular formula is C11H14FNO6S. The van der Waals surface area contributed by atoms with E-state index < -0.39 is 32.7 Å². The van der Waals surface area contributed by atoms with Gasteiger partial charge in [-0.05, 0) is 18.2 Å². The Kier molecular flexibility index (Phi) is 5.43. The maximum absolute atomic E-state index is 13.5. The number of benzene rings is 1. The Morgan fingerprint density at radius 1 is 1.45 bits per heavy atom. The summed E-state index contributed by atoms with van der Waals surface area (Å²) in [6.07, 6.45) is 0. The molecule has 9 heteroatoms. The van der Waals surface area contributed by atoms with Gasteiger partial charge in [-0.15, -0.1) is 0 Å². The minimum Gasteiger partial charge on any atom is -0.494 e. The van der Waals surface area contributed by atoms with Gasteiger partial charge in [-0.1, -0.05) is 0 Å². The second kappa shape index (κ2) is 6.64. The van der Waals surface area contributed by atoms with Crippen LogP contribution in [0.15, 0.2) is 23.1 Å². The van der Waals surface area contributed by atoms with Crippen LogP contribution in [0.2, 0.25) is 0 Å². The molecular weight excluding hydrogens is 293 g/mol. The predicted molar refractivity (Wildman–Crippen MR) is 66.6 cm³/mol. The Bertz CT molecular complexity index is 589. The second-order valence-electron chi connectivity index (χ2n) is 3.76. The van der Waals surface area contributed by atoms with Gasteiger partial charge in [-0.2, -0.15) is 4.72 Å². The Morgan fingerprint density at radius 2 is 2.10 bits per heavy atom. The van der Waals surface area contributed by atoms with Crippen LogP contribution in [0.25, 0.3) is 0 Å². The van der Waals surface area contributed by atoms with Gasteiger partial charge in [0.1, 0.15) is 6.04 Å². The van der Waals surface area contributed by atoms with Gasteiger partial charge >= 0.3 is 5.97 Å². The number of methoxy groups -OCH3 is 2. The molecule has 0 amide bonds. The van der Waals surface area contributed by atoms with E-state index in [4.69, 9.17) is 5.11 Å². The molecule has 0 radical (unpaired) electrons. The van der Waals surface area contributed by atoms with Crippen molar-refractivity contribution in [2.75, 3.05) is 20.8 Å². The van der Waals surface area contributed by atoms with Gasteiger partial charge < -0.3 is 14.6 Å². The Hall–Kier alpha value is -1.71. The van der Waals surface area contributed by atoms with E-state index in [2.05, 4.69) is 9.47 Å². The summed E-state index contributed by atoms with van der Waals surface area (Å²) in [5.74, 6) is -2.38. The van der Waals surface area contributed by atoms with Crippen molar-refractivity contribution in [3.63, 3.8) is 0 Å². The van der Waals surface area contributed by atoms with Gasteiger partial charge in [-0.3, -0.25) is 4.79 Å². The van der Waals surface area contributed by atoms with E-state index in [-0.39, 0.29) is 12.4 Å². The molecule has 1 atom stereocenters. The minimum atomic E-state index is -4.18. The quantitative estimate of drug-likeness (QED) is 0.747. The first kappa shape index (κ1) is 16.3. The van der Waals surface area contributed by atoms with E-state index in [0.29, 0.717) is 0 Å². The number of ether oxygens (including phenoxy) is 2. The predicted octanol–water partition coefficient (Wildman–Crippen LogP) is 0.212. The summed E-state index contributed by atoms with van der Waals surface area (Å²) in [7, 11) is -1.71. The number of rotatable bonds is 7. The normalized spacial score (nSPS) is 12.9. The molecule has 2 N–H and O–H groups in total. The standard InChI is InChI=1S/C11H14FNO6S/c1-18-6-9(11(14)15)13-20(16,17)7-3-4-10(19-2)8(12)5-7/h3-5,9,13H,6H2,1-2H3,(H,14,15). The van der Waals surface area contributed by atoms with Gasteiger partial charge in [0.25, 0.3) is 0 Å². The molecule has 112 valence electrons. The zero-order chi connectivity index (χ0) is 15.3. The lowest BCUT2D eigenvalue weighted by Crippen LogP contribution is -2.43. The summed E-state index contributed by atoms with van der Waals surface area (Å²) in [5, 5.41) is 8.85. The van der Waals surface area contributed by atoms with Crippen LogP contribution in [0.5, 0.6) is 5.75 Å². The number of aliphatic carboxylic acids is 1. The third-order valence-corrected chi connectivity index (χ3v) is 3.83. The number of nitrogens with one attached hydrogen (secondary N) is 1. The van der Waals surface area contributed by atoms with Gasteiger partial charge in [0.05, 0.1) is 18.6 Å². The van der Waals surface area contributed by atoms with Crippen molar-refractivity contribution in [2.24, 2.45) is 0 Å². The molecule has 0 saturated heterocycles. The third kappa shape index (κ3) is 3.89. The van der Waals surface area contributed by atoms with E-state index in [0.717, 1.165) is 18.2 Å². The lowest BCUT2D eigenvalue weighted by atomic mass is 10.3. The summed E-state index contributed by atoms with van der Waals surface area (Å²) in [6.45, 7) is -0.354. The summed E-state index contributed by atoms with van der Waals surface area (Å²) in [5.41, 5.74) is 0. The largest absolute Gasteiger partial charge is 0.494 e. The van der Waals surface area contributed by atoms with Crippen LogP contribution in [0.3, 0.4) is 0 Å². The van der Waals surface area contributed by atoms with Gasteiger partial charge in [0, 0.05) is 7.11 Å². The molecule has 0 fully saturated rings. The second-order valence-corrected chi connectivity index (χ2v) is 5.48. The Morgan fingerprint density at radius 3 is 2.55 bits per heavy atom. The van der Waals surface area contributed by atoms with Crippen molar-refractivity contribution >= 4 is 16.0 Å². The molecule has 0 saturated carbocycles. The van der Waals surface area contributed by atoms with Crippen LogP contribution in [-0.4, -0.2) is 46.4 Å². The number of hydrogen-bond acceptors (Lipinski definition) is 5. The van der Waals surface area contributed by atoms with Gasteiger partial charge in [-0.25, -0.2) is 12.8 Å². The number of hydrogen-bond donors (Lipinski definition) is 2. The van der Waals surface area contributed by atoms with E-state index >= 15 is 0 Å². The fraction of sp³-hybridized carbons (Fsp3) is 0.364. The van der Waals surface area contributed by atoms with Crippen LogP contribution >= 0.6 is 0 Å². The minimum absolute atomic E-state index is 0.115. The molecule has 0 bridgehead atoms. The zero-order valence-corrected chi connectivity index (χ0v) is 11.6. The lowest BCUT2D eigenvalue weighted by molar-refractivity contribution is -0.140. The highest BCUT2D eigenvalue weighted by Crippen LogP contribution is 2.20. The van der Waals surface area contributed by atoms with E-state index in [9.17, 15) is 17.6 Å².